The zero-order valence-corrected chi connectivity index (χ0v) is 11.3. The predicted molar refractivity (Wildman–Crippen MR) is 68.6 cm³/mol. The van der Waals surface area contributed by atoms with E-state index < -0.39 is 6.10 Å². The first-order valence-electron chi connectivity index (χ1n) is 6.13. The van der Waals surface area contributed by atoms with Gasteiger partial charge in [-0.2, -0.15) is 5.10 Å². The summed E-state index contributed by atoms with van der Waals surface area (Å²) in [5.74, 6) is 0.596. The van der Waals surface area contributed by atoms with E-state index in [4.69, 9.17) is 9.84 Å². The van der Waals surface area contributed by atoms with Crippen LogP contribution in [0.25, 0.3) is 0 Å². The number of methoxy groups -OCH3 is 1. The fraction of sp³-hybridized carbons (Fsp3) is 0.750. The SMILES string of the molecule is COc1cnn(CCN(C)C)c1C(O)CCCO. The van der Waals surface area contributed by atoms with Gasteiger partial charge in [0.2, 0.25) is 0 Å². The number of ether oxygens (including phenoxy) is 1. The molecule has 0 bridgehead atoms. The number of aliphatic hydroxyl groups is 2. The van der Waals surface area contributed by atoms with Crippen molar-refractivity contribution in [1.29, 1.82) is 0 Å². The lowest BCUT2D eigenvalue weighted by molar-refractivity contribution is 0.138. The van der Waals surface area contributed by atoms with E-state index in [2.05, 4.69) is 10.00 Å². The van der Waals surface area contributed by atoms with Gasteiger partial charge in [0.15, 0.2) is 5.75 Å². The Balaban J connectivity index is 2.80. The Labute approximate surface area is 108 Å². The second kappa shape index (κ2) is 7.35. The third kappa shape index (κ3) is 3.97. The molecule has 2 N–H and O–H groups in total. The zero-order chi connectivity index (χ0) is 13.5. The molecule has 1 heterocycles. The van der Waals surface area contributed by atoms with Crippen molar-refractivity contribution in [3.63, 3.8) is 0 Å². The molecule has 1 rings (SSSR count). The van der Waals surface area contributed by atoms with Crippen LogP contribution in [-0.4, -0.2) is 59.3 Å². The molecule has 6 heteroatoms. The molecule has 0 saturated heterocycles. The largest absolute Gasteiger partial charge is 0.493 e. The van der Waals surface area contributed by atoms with Crippen LogP contribution in [0, 0.1) is 0 Å². The standard InChI is InChI=1S/C12H23N3O3/c1-14(2)6-7-15-12(10(17)5-4-8-16)11(18-3)9-13-15/h9-10,16-17H,4-8H2,1-3H3. The van der Waals surface area contributed by atoms with Gasteiger partial charge in [0.1, 0.15) is 5.69 Å². The fourth-order valence-electron chi connectivity index (χ4n) is 1.77. The third-order valence-electron chi connectivity index (χ3n) is 2.78. The van der Waals surface area contributed by atoms with E-state index in [-0.39, 0.29) is 6.61 Å². The lowest BCUT2D eigenvalue weighted by atomic mass is 10.1. The summed E-state index contributed by atoms with van der Waals surface area (Å²) in [6, 6.07) is 0. The maximum absolute atomic E-state index is 10.1. The van der Waals surface area contributed by atoms with E-state index in [1.165, 1.54) is 0 Å². The number of aromatic nitrogens is 2. The lowest BCUT2D eigenvalue weighted by Crippen LogP contribution is -2.21. The molecule has 1 aromatic heterocycles. The molecule has 1 atom stereocenters. The van der Waals surface area contributed by atoms with Crippen LogP contribution in [0.15, 0.2) is 6.20 Å². The Hall–Kier alpha value is -1.11. The van der Waals surface area contributed by atoms with Crippen LogP contribution in [0.2, 0.25) is 0 Å². The van der Waals surface area contributed by atoms with Gasteiger partial charge in [-0.25, -0.2) is 0 Å². The minimum atomic E-state index is -0.656. The van der Waals surface area contributed by atoms with Crippen molar-refractivity contribution in [2.75, 3.05) is 34.4 Å². The van der Waals surface area contributed by atoms with Crippen LogP contribution >= 0.6 is 0 Å². The van der Waals surface area contributed by atoms with Gasteiger partial charge in [-0.1, -0.05) is 0 Å². The van der Waals surface area contributed by atoms with Crippen molar-refractivity contribution in [3.8, 4) is 5.75 Å². The fourth-order valence-corrected chi connectivity index (χ4v) is 1.77. The Morgan fingerprint density at radius 1 is 1.50 bits per heavy atom. The smallest absolute Gasteiger partial charge is 0.162 e. The number of nitrogens with zero attached hydrogens (tertiary/aromatic N) is 3. The number of hydrogen-bond donors (Lipinski definition) is 2. The summed E-state index contributed by atoms with van der Waals surface area (Å²) in [6.07, 6.45) is 2.02. The van der Waals surface area contributed by atoms with Crippen molar-refractivity contribution in [3.05, 3.63) is 11.9 Å². The number of rotatable bonds is 8. The molecule has 1 unspecified atom stereocenters. The van der Waals surface area contributed by atoms with Crippen LogP contribution < -0.4 is 4.74 Å². The molecule has 0 aliphatic carbocycles. The lowest BCUT2D eigenvalue weighted by Gasteiger charge is -2.16. The van der Waals surface area contributed by atoms with Crippen LogP contribution in [0.4, 0.5) is 0 Å². The summed E-state index contributed by atoms with van der Waals surface area (Å²) in [4.78, 5) is 2.05. The molecule has 104 valence electrons. The van der Waals surface area contributed by atoms with Crippen molar-refractivity contribution in [2.45, 2.75) is 25.5 Å². The molecule has 0 radical (unpaired) electrons. The van der Waals surface area contributed by atoms with Crippen LogP contribution in [-0.2, 0) is 6.54 Å². The molecule has 0 amide bonds. The predicted octanol–water partition coefficient (Wildman–Crippen LogP) is 0.259. The summed E-state index contributed by atoms with van der Waals surface area (Å²) >= 11 is 0. The van der Waals surface area contributed by atoms with E-state index in [1.807, 2.05) is 14.1 Å². The second-order valence-corrected chi connectivity index (χ2v) is 4.51. The highest BCUT2D eigenvalue weighted by molar-refractivity contribution is 5.27. The van der Waals surface area contributed by atoms with E-state index in [0.29, 0.717) is 30.8 Å². The highest BCUT2D eigenvalue weighted by atomic mass is 16.5. The topological polar surface area (TPSA) is 70.8 Å². The maximum atomic E-state index is 10.1. The summed E-state index contributed by atoms with van der Waals surface area (Å²) in [5, 5.41) is 23.2. The number of aliphatic hydroxyl groups excluding tert-OH is 2. The molecule has 0 aromatic carbocycles. The molecular weight excluding hydrogens is 234 g/mol. The Bertz CT molecular complexity index is 352. The third-order valence-corrected chi connectivity index (χ3v) is 2.78. The first-order chi connectivity index (χ1) is 8.60. The van der Waals surface area contributed by atoms with Gasteiger partial charge in [0.05, 0.1) is 26.0 Å². The van der Waals surface area contributed by atoms with E-state index in [1.54, 1.807) is 18.0 Å². The summed E-state index contributed by atoms with van der Waals surface area (Å²) < 4.78 is 6.98. The van der Waals surface area contributed by atoms with Gasteiger partial charge < -0.3 is 19.8 Å². The molecule has 18 heavy (non-hydrogen) atoms. The van der Waals surface area contributed by atoms with Crippen molar-refractivity contribution in [1.82, 2.24) is 14.7 Å². The quantitative estimate of drug-likeness (QED) is 0.699. The molecule has 0 saturated carbocycles. The van der Waals surface area contributed by atoms with E-state index >= 15 is 0 Å². The number of hydrogen-bond acceptors (Lipinski definition) is 5. The van der Waals surface area contributed by atoms with Gasteiger partial charge in [-0.3, -0.25) is 4.68 Å². The Kier molecular flexibility index (Phi) is 6.11. The Morgan fingerprint density at radius 3 is 2.78 bits per heavy atom. The number of likely N-dealkylation sites (N-methyl/N-ethyl adjacent to an activating group) is 1. The minimum absolute atomic E-state index is 0.0746. The monoisotopic (exact) mass is 257 g/mol. The van der Waals surface area contributed by atoms with E-state index in [9.17, 15) is 5.11 Å². The first-order valence-corrected chi connectivity index (χ1v) is 6.13. The van der Waals surface area contributed by atoms with Crippen molar-refractivity contribution < 1.29 is 14.9 Å². The molecule has 1 aromatic rings. The van der Waals surface area contributed by atoms with E-state index in [0.717, 1.165) is 6.54 Å². The molecule has 0 aliphatic rings. The zero-order valence-electron chi connectivity index (χ0n) is 11.3. The summed E-state index contributed by atoms with van der Waals surface area (Å²) in [7, 11) is 5.54. The summed E-state index contributed by atoms with van der Waals surface area (Å²) in [5.41, 5.74) is 0.688. The highest BCUT2D eigenvalue weighted by Gasteiger charge is 2.19. The van der Waals surface area contributed by atoms with Gasteiger partial charge >= 0.3 is 0 Å². The minimum Gasteiger partial charge on any atom is -0.493 e. The van der Waals surface area contributed by atoms with Gasteiger partial charge in [0.25, 0.3) is 0 Å². The van der Waals surface area contributed by atoms with Gasteiger partial charge in [-0.15, -0.1) is 0 Å². The van der Waals surface area contributed by atoms with Crippen molar-refractivity contribution >= 4 is 0 Å². The van der Waals surface area contributed by atoms with Crippen LogP contribution in [0.1, 0.15) is 24.6 Å². The summed E-state index contributed by atoms with van der Waals surface area (Å²) in [6.45, 7) is 1.61. The van der Waals surface area contributed by atoms with Crippen LogP contribution in [0.5, 0.6) is 5.75 Å². The van der Waals surface area contributed by atoms with Crippen LogP contribution in [0.3, 0.4) is 0 Å². The average Bonchev–Trinajstić information content (AvgIpc) is 2.76. The highest BCUT2D eigenvalue weighted by Crippen LogP contribution is 2.27. The van der Waals surface area contributed by atoms with Gasteiger partial charge in [-0.05, 0) is 26.9 Å². The molecule has 0 fully saturated rings. The second-order valence-electron chi connectivity index (χ2n) is 4.51. The average molecular weight is 257 g/mol. The molecular formula is C12H23N3O3. The molecule has 0 spiro atoms. The first kappa shape index (κ1) is 14.9. The normalized spacial score (nSPS) is 13.0. The van der Waals surface area contributed by atoms with Crippen molar-refractivity contribution in [2.24, 2.45) is 0 Å². The molecule has 6 nitrogen and oxygen atoms in total. The maximum Gasteiger partial charge on any atom is 0.162 e. The van der Waals surface area contributed by atoms with Gasteiger partial charge in [0, 0.05) is 13.2 Å². The molecule has 0 aliphatic heterocycles. The Morgan fingerprint density at radius 2 is 2.22 bits per heavy atom.